The summed E-state index contributed by atoms with van der Waals surface area (Å²) in [5, 5.41) is 2.74. The minimum atomic E-state index is -0.907. The zero-order valence-electron chi connectivity index (χ0n) is 22.2. The Morgan fingerprint density at radius 2 is 1.70 bits per heavy atom. The Morgan fingerprint density at radius 1 is 1.00 bits per heavy atom. The van der Waals surface area contributed by atoms with Crippen LogP contribution in [0.25, 0.3) is 0 Å². The number of ether oxygens (including phenoxy) is 3. The molecule has 1 heterocycles. The van der Waals surface area contributed by atoms with Gasteiger partial charge in [0.15, 0.2) is 0 Å². The first-order chi connectivity index (χ1) is 17.7. The number of hydrogen-bond acceptors (Lipinski definition) is 6. The summed E-state index contributed by atoms with van der Waals surface area (Å²) >= 11 is 0. The highest BCUT2D eigenvalue weighted by atomic mass is 16.6. The fourth-order valence-corrected chi connectivity index (χ4v) is 4.24. The van der Waals surface area contributed by atoms with Crippen molar-refractivity contribution in [1.82, 2.24) is 10.2 Å². The average molecular weight is 511 g/mol. The van der Waals surface area contributed by atoms with E-state index in [4.69, 9.17) is 14.2 Å². The summed E-state index contributed by atoms with van der Waals surface area (Å²) in [6.45, 7) is 8.31. The number of esters is 1. The summed E-state index contributed by atoms with van der Waals surface area (Å²) in [4.78, 5) is 41.0. The summed E-state index contributed by atoms with van der Waals surface area (Å²) in [6, 6.07) is 15.2. The first-order valence-corrected chi connectivity index (χ1v) is 12.9. The van der Waals surface area contributed by atoms with Crippen molar-refractivity contribution in [3.63, 3.8) is 0 Å². The van der Waals surface area contributed by atoms with Crippen LogP contribution in [0.2, 0.25) is 0 Å². The minimum absolute atomic E-state index is 0.143. The number of piperidine rings is 1. The van der Waals surface area contributed by atoms with Gasteiger partial charge in [-0.25, -0.2) is 9.59 Å². The van der Waals surface area contributed by atoms with Crippen LogP contribution in [0, 0.1) is 0 Å². The minimum Gasteiger partial charge on any atom is -0.494 e. The molecule has 1 aliphatic rings. The Bertz CT molecular complexity index is 1030. The van der Waals surface area contributed by atoms with Crippen LogP contribution in [0.3, 0.4) is 0 Å². The van der Waals surface area contributed by atoms with E-state index in [0.717, 1.165) is 29.7 Å². The van der Waals surface area contributed by atoms with Crippen LogP contribution in [0.1, 0.15) is 58.1 Å². The van der Waals surface area contributed by atoms with Crippen LogP contribution in [0.15, 0.2) is 54.6 Å². The van der Waals surface area contributed by atoms with Gasteiger partial charge >= 0.3 is 12.1 Å². The van der Waals surface area contributed by atoms with Gasteiger partial charge in [-0.3, -0.25) is 4.79 Å². The highest BCUT2D eigenvalue weighted by Crippen LogP contribution is 2.22. The zero-order chi connectivity index (χ0) is 26.8. The predicted molar refractivity (Wildman–Crippen MR) is 140 cm³/mol. The van der Waals surface area contributed by atoms with Crippen molar-refractivity contribution in [2.45, 2.75) is 77.7 Å². The molecule has 0 saturated carbocycles. The van der Waals surface area contributed by atoms with E-state index in [1.807, 2.05) is 61.5 Å². The molecule has 1 saturated heterocycles. The number of alkyl carbamates (subject to hydrolysis) is 1. The van der Waals surface area contributed by atoms with Gasteiger partial charge in [0.1, 0.15) is 30.0 Å². The number of carbonyl (C=O) groups excluding carboxylic acids is 3. The molecule has 2 atom stereocenters. The van der Waals surface area contributed by atoms with E-state index < -0.39 is 29.7 Å². The van der Waals surface area contributed by atoms with Crippen molar-refractivity contribution < 1.29 is 28.6 Å². The lowest BCUT2D eigenvalue weighted by Gasteiger charge is -2.36. The third kappa shape index (κ3) is 8.81. The van der Waals surface area contributed by atoms with Gasteiger partial charge in [0.05, 0.1) is 6.61 Å². The van der Waals surface area contributed by atoms with Gasteiger partial charge in [-0.1, -0.05) is 42.5 Å². The summed E-state index contributed by atoms with van der Waals surface area (Å²) in [5.41, 5.74) is 1.01. The standard InChI is InChI=1S/C29H38N2O6/c1-5-35-23-16-14-21(15-17-23)19-24(30-28(34)37-29(2,3)4)26(32)31-18-10-9-13-25(31)27(33)36-20-22-11-7-6-8-12-22/h6-8,11-12,14-17,24-25H,5,9-10,13,18-20H2,1-4H3,(H,30,34)/t24-,25+/m0/s1. The first kappa shape index (κ1) is 28.0. The largest absolute Gasteiger partial charge is 0.494 e. The van der Waals surface area contributed by atoms with Gasteiger partial charge in [-0.2, -0.15) is 0 Å². The maximum absolute atomic E-state index is 13.8. The first-order valence-electron chi connectivity index (χ1n) is 12.9. The fourth-order valence-electron chi connectivity index (χ4n) is 4.24. The fraction of sp³-hybridized carbons (Fsp3) is 0.483. The summed E-state index contributed by atoms with van der Waals surface area (Å²) in [6.07, 6.45) is 1.67. The van der Waals surface area contributed by atoms with Crippen molar-refractivity contribution in [2.75, 3.05) is 13.2 Å². The molecule has 1 fully saturated rings. The molecule has 8 nitrogen and oxygen atoms in total. The molecule has 0 aromatic heterocycles. The van der Waals surface area contributed by atoms with Gasteiger partial charge in [0.25, 0.3) is 0 Å². The molecule has 0 spiro atoms. The van der Waals surface area contributed by atoms with Gasteiger partial charge < -0.3 is 24.4 Å². The van der Waals surface area contributed by atoms with Crippen molar-refractivity contribution in [1.29, 1.82) is 0 Å². The smallest absolute Gasteiger partial charge is 0.408 e. The summed E-state index contributed by atoms with van der Waals surface area (Å²) in [5.74, 6) is -0.0402. The molecule has 2 aromatic carbocycles. The quantitative estimate of drug-likeness (QED) is 0.494. The van der Waals surface area contributed by atoms with Crippen molar-refractivity contribution in [3.8, 4) is 5.75 Å². The third-order valence-corrected chi connectivity index (χ3v) is 5.95. The Balaban J connectivity index is 1.76. The molecule has 0 radical (unpaired) electrons. The number of benzene rings is 2. The lowest BCUT2D eigenvalue weighted by atomic mass is 9.98. The molecule has 37 heavy (non-hydrogen) atoms. The normalized spacial score (nSPS) is 16.4. The van der Waals surface area contributed by atoms with E-state index in [1.54, 1.807) is 25.7 Å². The summed E-state index contributed by atoms with van der Waals surface area (Å²) in [7, 11) is 0. The SMILES string of the molecule is CCOc1ccc(C[C@H](NC(=O)OC(C)(C)C)C(=O)N2CCCC[C@@H]2C(=O)OCc2ccccc2)cc1. The predicted octanol–water partition coefficient (Wildman–Crippen LogP) is 4.65. The van der Waals surface area contributed by atoms with E-state index in [9.17, 15) is 14.4 Å². The van der Waals surface area contributed by atoms with Crippen LogP contribution < -0.4 is 10.1 Å². The highest BCUT2D eigenvalue weighted by Gasteiger charge is 2.37. The molecule has 0 aliphatic carbocycles. The highest BCUT2D eigenvalue weighted by molar-refractivity contribution is 5.90. The molecule has 8 heteroatoms. The summed E-state index contributed by atoms with van der Waals surface area (Å²) < 4.78 is 16.5. The number of nitrogens with zero attached hydrogens (tertiary/aromatic N) is 1. The van der Waals surface area contributed by atoms with E-state index in [1.165, 1.54) is 0 Å². The molecule has 1 N–H and O–H groups in total. The second kappa shape index (κ2) is 13.1. The van der Waals surface area contributed by atoms with Gasteiger partial charge in [0.2, 0.25) is 5.91 Å². The van der Waals surface area contributed by atoms with E-state index >= 15 is 0 Å². The monoisotopic (exact) mass is 510 g/mol. The maximum atomic E-state index is 13.8. The molecular weight excluding hydrogens is 472 g/mol. The van der Waals surface area contributed by atoms with Gasteiger partial charge in [0, 0.05) is 13.0 Å². The second-order valence-electron chi connectivity index (χ2n) is 10.1. The molecule has 0 bridgehead atoms. The average Bonchev–Trinajstić information content (AvgIpc) is 2.87. The number of hydrogen-bond donors (Lipinski definition) is 1. The Kier molecular flexibility index (Phi) is 9.94. The molecular formula is C29H38N2O6. The van der Waals surface area contributed by atoms with Crippen LogP contribution >= 0.6 is 0 Å². The number of nitrogens with one attached hydrogen (secondary N) is 1. The van der Waals surface area contributed by atoms with Gasteiger partial charge in [-0.05, 0) is 70.2 Å². The number of likely N-dealkylation sites (tertiary alicyclic amines) is 1. The lowest BCUT2D eigenvalue weighted by Crippen LogP contribution is -2.56. The molecule has 200 valence electrons. The lowest BCUT2D eigenvalue weighted by molar-refractivity contribution is -0.158. The zero-order valence-corrected chi connectivity index (χ0v) is 22.2. The molecule has 0 unspecified atom stereocenters. The van der Waals surface area contributed by atoms with Gasteiger partial charge in [-0.15, -0.1) is 0 Å². The Hall–Kier alpha value is -3.55. The Labute approximate surface area is 219 Å². The number of rotatable bonds is 9. The van der Waals surface area contributed by atoms with E-state index in [0.29, 0.717) is 19.6 Å². The molecule has 1 aliphatic heterocycles. The van der Waals surface area contributed by atoms with Crippen LogP contribution in [0.4, 0.5) is 4.79 Å². The van der Waals surface area contributed by atoms with Crippen LogP contribution in [-0.4, -0.2) is 53.7 Å². The Morgan fingerprint density at radius 3 is 2.35 bits per heavy atom. The second-order valence-corrected chi connectivity index (χ2v) is 10.1. The van der Waals surface area contributed by atoms with Crippen molar-refractivity contribution in [2.24, 2.45) is 0 Å². The molecule has 2 aromatic rings. The third-order valence-electron chi connectivity index (χ3n) is 5.95. The van der Waals surface area contributed by atoms with E-state index in [2.05, 4.69) is 5.32 Å². The van der Waals surface area contributed by atoms with Crippen molar-refractivity contribution >= 4 is 18.0 Å². The maximum Gasteiger partial charge on any atom is 0.408 e. The van der Waals surface area contributed by atoms with Crippen LogP contribution in [0.5, 0.6) is 5.75 Å². The number of amides is 2. The number of carbonyl (C=O) groups is 3. The molecule has 3 rings (SSSR count). The molecule has 2 amide bonds. The van der Waals surface area contributed by atoms with Crippen LogP contribution in [-0.2, 0) is 32.1 Å². The topological polar surface area (TPSA) is 94.2 Å². The van der Waals surface area contributed by atoms with Crippen molar-refractivity contribution in [3.05, 3.63) is 65.7 Å². The van der Waals surface area contributed by atoms with E-state index in [-0.39, 0.29) is 18.9 Å².